The van der Waals surface area contributed by atoms with Gasteiger partial charge in [0, 0.05) is 11.1 Å². The molecule has 0 aliphatic rings. The molecule has 17 heavy (non-hydrogen) atoms. The van der Waals surface area contributed by atoms with Crippen LogP contribution in [0, 0.1) is 0 Å². The number of nitrogen functional groups attached to an aromatic ring is 1. The van der Waals surface area contributed by atoms with E-state index in [0.717, 1.165) is 5.56 Å². The minimum atomic E-state index is 0.310. The quantitative estimate of drug-likeness (QED) is 0.542. The highest BCUT2D eigenvalue weighted by Gasteiger charge is 2.13. The van der Waals surface area contributed by atoms with E-state index in [1.807, 2.05) is 6.07 Å². The van der Waals surface area contributed by atoms with Crippen molar-refractivity contribution in [3.63, 3.8) is 0 Å². The van der Waals surface area contributed by atoms with Gasteiger partial charge in [0.05, 0.1) is 25.8 Å². The van der Waals surface area contributed by atoms with E-state index < -0.39 is 0 Å². The van der Waals surface area contributed by atoms with Crippen molar-refractivity contribution >= 4 is 52.1 Å². The fourth-order valence-corrected chi connectivity index (χ4v) is 2.32. The van der Waals surface area contributed by atoms with E-state index in [1.54, 1.807) is 24.3 Å². The molecule has 2 N–H and O–H groups in total. The lowest BCUT2D eigenvalue weighted by atomic mass is 10.0. The molecule has 0 atom stereocenters. The third-order valence-corrected chi connectivity index (χ3v) is 4.00. The van der Waals surface area contributed by atoms with Gasteiger partial charge in [0.1, 0.15) is 0 Å². The Morgan fingerprint density at radius 3 is 2.12 bits per heavy atom. The van der Waals surface area contributed by atoms with Crippen LogP contribution in [0.5, 0.6) is 0 Å². The van der Waals surface area contributed by atoms with Crippen LogP contribution in [-0.2, 0) is 0 Å². The molecule has 0 aliphatic carbocycles. The van der Waals surface area contributed by atoms with Gasteiger partial charge in [0.2, 0.25) is 0 Å². The van der Waals surface area contributed by atoms with Gasteiger partial charge in [0.15, 0.2) is 0 Å². The molecule has 0 heterocycles. The molecule has 0 saturated carbocycles. The van der Waals surface area contributed by atoms with Crippen LogP contribution in [0.1, 0.15) is 0 Å². The molecule has 0 amide bonds. The number of halogens is 4. The third kappa shape index (κ3) is 2.34. The van der Waals surface area contributed by atoms with Crippen molar-refractivity contribution in [1.29, 1.82) is 0 Å². The molecule has 0 spiro atoms. The molecule has 0 bridgehead atoms. The number of rotatable bonds is 1. The van der Waals surface area contributed by atoms with Gasteiger partial charge >= 0.3 is 0 Å². The van der Waals surface area contributed by atoms with Crippen molar-refractivity contribution in [2.75, 3.05) is 5.73 Å². The Bertz CT molecular complexity index is 581. The molecule has 0 aliphatic heterocycles. The molecular weight excluding hydrogens is 300 g/mol. The molecule has 1 nitrogen and oxygen atoms in total. The summed E-state index contributed by atoms with van der Waals surface area (Å²) in [5.41, 5.74) is 7.82. The van der Waals surface area contributed by atoms with Gasteiger partial charge < -0.3 is 5.73 Å². The van der Waals surface area contributed by atoms with E-state index in [1.165, 1.54) is 0 Å². The normalized spacial score (nSPS) is 10.6. The maximum absolute atomic E-state index is 6.14. The zero-order chi connectivity index (χ0) is 12.6. The van der Waals surface area contributed by atoms with Crippen LogP contribution in [0.25, 0.3) is 11.1 Å². The fourth-order valence-electron chi connectivity index (χ4n) is 1.51. The summed E-state index contributed by atoms with van der Waals surface area (Å²) in [5.74, 6) is 0. The van der Waals surface area contributed by atoms with E-state index >= 15 is 0 Å². The minimum Gasteiger partial charge on any atom is -0.397 e. The summed E-state index contributed by atoms with van der Waals surface area (Å²) in [4.78, 5) is 0. The predicted octanol–water partition coefficient (Wildman–Crippen LogP) is 5.55. The molecule has 0 saturated heterocycles. The Kier molecular flexibility index (Phi) is 3.74. The number of hydrogen-bond acceptors (Lipinski definition) is 1. The van der Waals surface area contributed by atoms with Gasteiger partial charge in [-0.25, -0.2) is 0 Å². The van der Waals surface area contributed by atoms with Crippen molar-refractivity contribution in [1.82, 2.24) is 0 Å². The Morgan fingerprint density at radius 2 is 1.41 bits per heavy atom. The summed E-state index contributed by atoms with van der Waals surface area (Å²) < 4.78 is 0. The molecule has 0 unspecified atom stereocenters. The van der Waals surface area contributed by atoms with Gasteiger partial charge in [0.25, 0.3) is 0 Å². The summed E-state index contributed by atoms with van der Waals surface area (Å²) >= 11 is 24.0. The molecular formula is C12H7Cl4N. The molecule has 2 aromatic rings. The highest BCUT2D eigenvalue weighted by molar-refractivity contribution is 6.49. The molecule has 2 aromatic carbocycles. The first-order valence-corrected chi connectivity index (χ1v) is 6.21. The van der Waals surface area contributed by atoms with E-state index in [2.05, 4.69) is 0 Å². The van der Waals surface area contributed by atoms with E-state index in [0.29, 0.717) is 31.3 Å². The van der Waals surface area contributed by atoms with Crippen LogP contribution in [0.3, 0.4) is 0 Å². The van der Waals surface area contributed by atoms with E-state index in [4.69, 9.17) is 52.1 Å². The Hall–Kier alpha value is -0.600. The molecule has 2 rings (SSSR count). The number of nitrogens with two attached hydrogens (primary N) is 1. The van der Waals surface area contributed by atoms with Crippen molar-refractivity contribution in [2.45, 2.75) is 0 Å². The Morgan fingerprint density at radius 1 is 0.706 bits per heavy atom. The van der Waals surface area contributed by atoms with E-state index in [-0.39, 0.29) is 0 Å². The monoisotopic (exact) mass is 305 g/mol. The lowest BCUT2D eigenvalue weighted by Gasteiger charge is -2.10. The fraction of sp³-hybridized carbons (Fsp3) is 0. The second-order valence-electron chi connectivity index (χ2n) is 3.42. The van der Waals surface area contributed by atoms with Crippen LogP contribution >= 0.6 is 46.4 Å². The zero-order valence-corrected chi connectivity index (χ0v) is 11.5. The van der Waals surface area contributed by atoms with Crippen LogP contribution in [0.4, 0.5) is 5.69 Å². The highest BCUT2D eigenvalue weighted by Crippen LogP contribution is 2.41. The second kappa shape index (κ2) is 4.95. The predicted molar refractivity (Wildman–Crippen MR) is 76.3 cm³/mol. The van der Waals surface area contributed by atoms with Crippen LogP contribution in [0.2, 0.25) is 20.1 Å². The number of hydrogen-bond donors (Lipinski definition) is 1. The first kappa shape index (κ1) is 12.8. The SMILES string of the molecule is Nc1c(Cl)cccc1-c1ccc(Cl)c(Cl)c1Cl. The summed E-state index contributed by atoms with van der Waals surface area (Å²) in [6.45, 7) is 0. The average molecular weight is 307 g/mol. The van der Waals surface area contributed by atoms with E-state index in [9.17, 15) is 0 Å². The minimum absolute atomic E-state index is 0.310. The van der Waals surface area contributed by atoms with Gasteiger partial charge in [-0.2, -0.15) is 0 Å². The molecule has 5 heteroatoms. The molecule has 88 valence electrons. The van der Waals surface area contributed by atoms with Crippen LogP contribution in [-0.4, -0.2) is 0 Å². The summed E-state index contributed by atoms with van der Waals surface area (Å²) in [7, 11) is 0. The van der Waals surface area contributed by atoms with Gasteiger partial charge in [-0.1, -0.05) is 64.6 Å². The zero-order valence-electron chi connectivity index (χ0n) is 8.48. The van der Waals surface area contributed by atoms with Crippen molar-refractivity contribution < 1.29 is 0 Å². The lowest BCUT2D eigenvalue weighted by molar-refractivity contribution is 1.60. The standard InChI is InChI=1S/C12H7Cl4N/c13-8-5-4-6(10(15)11(8)16)7-2-1-3-9(14)12(7)17/h1-5H,17H2. The third-order valence-electron chi connectivity index (χ3n) is 2.38. The van der Waals surface area contributed by atoms with Gasteiger partial charge in [-0.05, 0) is 12.1 Å². The first-order chi connectivity index (χ1) is 8.02. The van der Waals surface area contributed by atoms with Crippen LogP contribution < -0.4 is 5.73 Å². The summed E-state index contributed by atoms with van der Waals surface area (Å²) in [6, 6.07) is 8.77. The number of benzene rings is 2. The Labute approximate surface area is 119 Å². The first-order valence-electron chi connectivity index (χ1n) is 4.70. The molecule has 0 radical (unpaired) electrons. The van der Waals surface area contributed by atoms with Gasteiger partial charge in [-0.3, -0.25) is 0 Å². The summed E-state index contributed by atoms with van der Waals surface area (Å²) in [6.07, 6.45) is 0. The second-order valence-corrected chi connectivity index (χ2v) is 4.99. The van der Waals surface area contributed by atoms with Crippen molar-refractivity contribution in [3.8, 4) is 11.1 Å². The molecule has 0 fully saturated rings. The topological polar surface area (TPSA) is 26.0 Å². The van der Waals surface area contributed by atoms with Crippen LogP contribution in [0.15, 0.2) is 30.3 Å². The molecule has 0 aromatic heterocycles. The average Bonchev–Trinajstić information content (AvgIpc) is 2.31. The largest absolute Gasteiger partial charge is 0.397 e. The lowest BCUT2D eigenvalue weighted by Crippen LogP contribution is -1.92. The van der Waals surface area contributed by atoms with Crippen molar-refractivity contribution in [2.24, 2.45) is 0 Å². The van der Waals surface area contributed by atoms with Crippen molar-refractivity contribution in [3.05, 3.63) is 50.4 Å². The summed E-state index contributed by atoms with van der Waals surface area (Å²) in [5, 5.41) is 1.56. The smallest absolute Gasteiger partial charge is 0.0784 e. The number of anilines is 1. The highest BCUT2D eigenvalue weighted by atomic mass is 35.5. The maximum atomic E-state index is 6.14. The maximum Gasteiger partial charge on any atom is 0.0784 e. The Balaban J connectivity index is 2.69. The van der Waals surface area contributed by atoms with Gasteiger partial charge in [-0.15, -0.1) is 0 Å². The number of para-hydroxylation sites is 1.